The Bertz CT molecular complexity index is 1360. The summed E-state index contributed by atoms with van der Waals surface area (Å²) in [7, 11) is 2.27. The first-order valence-corrected chi connectivity index (χ1v) is 14.9. The number of rotatable bonds is 15. The van der Waals surface area contributed by atoms with Crippen LogP contribution in [0.5, 0.6) is 0 Å². The summed E-state index contributed by atoms with van der Waals surface area (Å²) in [5, 5.41) is 19.8. The van der Waals surface area contributed by atoms with E-state index in [0.29, 0.717) is 5.56 Å². The zero-order chi connectivity index (χ0) is 35.1. The average Bonchev–Trinajstić information content (AvgIpc) is 3.01. The molecule has 0 aliphatic rings. The molecule has 0 saturated carbocycles. The summed E-state index contributed by atoms with van der Waals surface area (Å²) in [6.07, 6.45) is -2.98. The van der Waals surface area contributed by atoms with Gasteiger partial charge in [-0.2, -0.15) is 0 Å². The standard InChI is InChI=1S/C33H44N4O10/c1-20(38)27(31(43)46-6)37-26(39)19-24(36-32(44)47-33(2,3)4)29(41)34-23(17-21-13-9-7-10-14-21)28(40)35-25(30(42)45-5)18-22-15-11-8-12-16-22/h7-16,20,23-25,27,38H,17-19H2,1-6H3,(H,34,41)(H,35,40)(H,36,44)(H,37,39). The summed E-state index contributed by atoms with van der Waals surface area (Å²) < 4.78 is 14.8. The van der Waals surface area contributed by atoms with Crippen LogP contribution in [-0.2, 0) is 51.0 Å². The van der Waals surface area contributed by atoms with E-state index in [1.54, 1.807) is 75.4 Å². The second-order valence-corrected chi connectivity index (χ2v) is 11.7. The minimum absolute atomic E-state index is 0.0184. The van der Waals surface area contributed by atoms with E-state index in [2.05, 4.69) is 26.0 Å². The van der Waals surface area contributed by atoms with Crippen LogP contribution in [0.25, 0.3) is 0 Å². The van der Waals surface area contributed by atoms with Crippen LogP contribution in [0.2, 0.25) is 0 Å². The smallest absolute Gasteiger partial charge is 0.408 e. The number of carbonyl (C=O) groups is 6. The largest absolute Gasteiger partial charge is 0.467 e. The molecule has 5 N–H and O–H groups in total. The number of benzene rings is 2. The predicted molar refractivity (Wildman–Crippen MR) is 170 cm³/mol. The maximum Gasteiger partial charge on any atom is 0.408 e. The predicted octanol–water partition coefficient (Wildman–Crippen LogP) is 0.936. The third kappa shape index (κ3) is 13.5. The number of ether oxygens (including phenoxy) is 3. The molecule has 0 aliphatic heterocycles. The number of alkyl carbamates (subject to hydrolysis) is 1. The molecule has 14 nitrogen and oxygen atoms in total. The quantitative estimate of drug-likeness (QED) is 0.136. The van der Waals surface area contributed by atoms with Crippen molar-refractivity contribution in [1.82, 2.24) is 21.3 Å². The highest BCUT2D eigenvalue weighted by Gasteiger charge is 2.34. The summed E-state index contributed by atoms with van der Waals surface area (Å²) in [6, 6.07) is 12.3. The van der Waals surface area contributed by atoms with Crippen molar-refractivity contribution >= 4 is 35.8 Å². The van der Waals surface area contributed by atoms with Crippen molar-refractivity contribution in [2.24, 2.45) is 0 Å². The van der Waals surface area contributed by atoms with Crippen molar-refractivity contribution in [3.05, 3.63) is 71.8 Å². The van der Waals surface area contributed by atoms with E-state index in [0.717, 1.165) is 12.7 Å². The van der Waals surface area contributed by atoms with Gasteiger partial charge in [0.15, 0.2) is 6.04 Å². The Hall–Kier alpha value is -4.98. The fourth-order valence-electron chi connectivity index (χ4n) is 4.37. The van der Waals surface area contributed by atoms with Gasteiger partial charge in [0.25, 0.3) is 0 Å². The van der Waals surface area contributed by atoms with E-state index in [1.807, 2.05) is 6.07 Å². The van der Waals surface area contributed by atoms with Crippen molar-refractivity contribution in [2.45, 2.75) is 82.8 Å². The van der Waals surface area contributed by atoms with Crippen LogP contribution in [0.4, 0.5) is 4.79 Å². The Labute approximate surface area is 273 Å². The van der Waals surface area contributed by atoms with Crippen molar-refractivity contribution in [2.75, 3.05) is 14.2 Å². The van der Waals surface area contributed by atoms with Gasteiger partial charge in [0, 0.05) is 12.8 Å². The highest BCUT2D eigenvalue weighted by molar-refractivity contribution is 5.96. The van der Waals surface area contributed by atoms with Gasteiger partial charge in [-0.3, -0.25) is 14.4 Å². The number of aliphatic hydroxyl groups excluding tert-OH is 1. The van der Waals surface area contributed by atoms with Gasteiger partial charge in [-0.15, -0.1) is 0 Å². The van der Waals surface area contributed by atoms with Crippen molar-refractivity contribution < 1.29 is 48.1 Å². The molecule has 14 heteroatoms. The number of methoxy groups -OCH3 is 2. The summed E-state index contributed by atoms with van der Waals surface area (Å²) in [6.45, 7) is 6.07. The molecule has 2 aromatic rings. The van der Waals surface area contributed by atoms with Crippen LogP contribution >= 0.6 is 0 Å². The molecular formula is C33H44N4O10. The van der Waals surface area contributed by atoms with E-state index in [4.69, 9.17) is 9.47 Å². The van der Waals surface area contributed by atoms with Gasteiger partial charge in [-0.25, -0.2) is 14.4 Å². The Balaban J connectivity index is 2.37. The van der Waals surface area contributed by atoms with Crippen LogP contribution < -0.4 is 21.3 Å². The molecule has 5 atom stereocenters. The van der Waals surface area contributed by atoms with E-state index in [1.165, 1.54) is 14.0 Å². The van der Waals surface area contributed by atoms with E-state index >= 15 is 0 Å². The number of hydrogen-bond acceptors (Lipinski definition) is 10. The fourth-order valence-corrected chi connectivity index (χ4v) is 4.37. The van der Waals surface area contributed by atoms with Gasteiger partial charge >= 0.3 is 18.0 Å². The van der Waals surface area contributed by atoms with Gasteiger partial charge < -0.3 is 40.6 Å². The fraction of sp³-hybridized carbons (Fsp3) is 0.455. The molecule has 2 rings (SSSR count). The average molecular weight is 657 g/mol. The molecule has 0 fully saturated rings. The second kappa shape index (κ2) is 18.2. The van der Waals surface area contributed by atoms with Gasteiger partial charge in [0.2, 0.25) is 17.7 Å². The lowest BCUT2D eigenvalue weighted by atomic mass is 10.0. The number of nitrogens with one attached hydrogen (secondary N) is 4. The molecule has 0 saturated heterocycles. The number of amides is 4. The van der Waals surface area contributed by atoms with Crippen LogP contribution in [0.15, 0.2) is 60.7 Å². The summed E-state index contributed by atoms with van der Waals surface area (Å²) >= 11 is 0. The van der Waals surface area contributed by atoms with Crippen LogP contribution in [0.1, 0.15) is 45.2 Å². The lowest BCUT2D eigenvalue weighted by Gasteiger charge is -2.26. The van der Waals surface area contributed by atoms with Crippen molar-refractivity contribution in [1.29, 1.82) is 0 Å². The van der Waals surface area contributed by atoms with Crippen molar-refractivity contribution in [3.63, 3.8) is 0 Å². The van der Waals surface area contributed by atoms with Crippen LogP contribution in [0, 0.1) is 0 Å². The first-order chi connectivity index (χ1) is 22.1. The Morgan fingerprint density at radius 3 is 1.62 bits per heavy atom. The molecule has 4 amide bonds. The minimum atomic E-state index is -1.59. The summed E-state index contributed by atoms with van der Waals surface area (Å²) in [5.74, 6) is -4.19. The van der Waals surface area contributed by atoms with E-state index in [-0.39, 0.29) is 12.8 Å². The molecule has 0 heterocycles. The van der Waals surface area contributed by atoms with Crippen LogP contribution in [-0.4, -0.2) is 91.0 Å². The van der Waals surface area contributed by atoms with Gasteiger partial charge in [-0.05, 0) is 38.8 Å². The zero-order valence-corrected chi connectivity index (χ0v) is 27.4. The maximum atomic E-state index is 13.7. The molecule has 0 radical (unpaired) electrons. The topological polar surface area (TPSA) is 198 Å². The highest BCUT2D eigenvalue weighted by atomic mass is 16.6. The Morgan fingerprint density at radius 2 is 1.15 bits per heavy atom. The Morgan fingerprint density at radius 1 is 0.681 bits per heavy atom. The number of aliphatic hydroxyl groups is 1. The number of hydrogen-bond donors (Lipinski definition) is 5. The van der Waals surface area contributed by atoms with Gasteiger partial charge in [0.05, 0.1) is 26.7 Å². The van der Waals surface area contributed by atoms with Gasteiger partial charge in [0.1, 0.15) is 23.7 Å². The third-order valence-corrected chi connectivity index (χ3v) is 6.65. The first kappa shape index (κ1) is 38.2. The summed E-state index contributed by atoms with van der Waals surface area (Å²) in [4.78, 5) is 77.7. The lowest BCUT2D eigenvalue weighted by molar-refractivity contribution is -0.148. The monoisotopic (exact) mass is 656 g/mol. The molecule has 256 valence electrons. The van der Waals surface area contributed by atoms with Crippen molar-refractivity contribution in [3.8, 4) is 0 Å². The van der Waals surface area contributed by atoms with E-state index < -0.39 is 78.0 Å². The molecule has 47 heavy (non-hydrogen) atoms. The second-order valence-electron chi connectivity index (χ2n) is 11.7. The SMILES string of the molecule is COC(=O)C(Cc1ccccc1)NC(=O)C(Cc1ccccc1)NC(=O)C(CC(=O)NC(C(=O)OC)C(C)O)NC(=O)OC(C)(C)C. The van der Waals surface area contributed by atoms with Gasteiger partial charge in [-0.1, -0.05) is 60.7 Å². The molecular weight excluding hydrogens is 612 g/mol. The third-order valence-electron chi connectivity index (χ3n) is 6.65. The highest BCUT2D eigenvalue weighted by Crippen LogP contribution is 2.10. The zero-order valence-electron chi connectivity index (χ0n) is 27.4. The number of carbonyl (C=O) groups excluding carboxylic acids is 6. The molecule has 5 unspecified atom stereocenters. The number of esters is 2. The minimum Gasteiger partial charge on any atom is -0.467 e. The molecule has 0 aromatic heterocycles. The molecule has 0 bridgehead atoms. The first-order valence-electron chi connectivity index (χ1n) is 14.9. The Kier molecular flexibility index (Phi) is 14.8. The van der Waals surface area contributed by atoms with E-state index in [9.17, 15) is 33.9 Å². The van der Waals surface area contributed by atoms with Crippen LogP contribution in [0.3, 0.4) is 0 Å². The summed E-state index contributed by atoms with van der Waals surface area (Å²) in [5.41, 5.74) is 0.465. The molecule has 2 aromatic carbocycles. The normalized spacial score (nSPS) is 14.2. The lowest BCUT2D eigenvalue weighted by Crippen LogP contribution is -2.58. The molecule has 0 spiro atoms. The maximum absolute atomic E-state index is 13.7. The molecule has 0 aliphatic carbocycles.